The molecule has 11 aromatic carbocycles. The molecule has 0 aromatic heterocycles. The van der Waals surface area contributed by atoms with Crippen molar-refractivity contribution in [3.05, 3.63) is 221 Å². The van der Waals surface area contributed by atoms with Crippen molar-refractivity contribution in [2.75, 3.05) is 9.80 Å². The van der Waals surface area contributed by atoms with E-state index in [0.717, 1.165) is 0 Å². The molecule has 0 unspecified atom stereocenters. The quantitative estimate of drug-likeness (QED) is 0.128. The Morgan fingerprint density at radius 1 is 0.316 bits per heavy atom. The topological polar surface area (TPSA) is 6.48 Å². The molecule has 0 saturated heterocycles. The van der Waals surface area contributed by atoms with E-state index >= 15 is 0 Å². The molecule has 2 aliphatic heterocycles. The molecule has 0 bridgehead atoms. The molecule has 0 saturated carbocycles. The van der Waals surface area contributed by atoms with Crippen LogP contribution in [0.4, 0.5) is 34.1 Å². The zero-order valence-corrected chi connectivity index (χ0v) is 48.9. The SMILES string of the molecule is Cc1cc(-c2ccccc2)cc(C)c1-c1cc2c3c(c1)N(c1cc(C(C)(C)C)cc(C(C)(C)C)c1)c1c(ccc4c1ccc1ccccc14)B3c1ccc3c(ccc4ccccc43)c1N2c1cc(C(C)(C)C)cc(C(C)(C)C)c1. The van der Waals surface area contributed by atoms with Crippen LogP contribution >= 0.6 is 0 Å². The van der Waals surface area contributed by atoms with E-state index in [1.54, 1.807) is 0 Å². The van der Waals surface area contributed by atoms with Gasteiger partial charge in [-0.1, -0.05) is 235 Å². The van der Waals surface area contributed by atoms with E-state index < -0.39 is 0 Å². The Hall–Kier alpha value is -7.88. The highest BCUT2D eigenvalue weighted by atomic mass is 15.2. The summed E-state index contributed by atoms with van der Waals surface area (Å²) < 4.78 is 0. The summed E-state index contributed by atoms with van der Waals surface area (Å²) in [6, 6.07) is 73.1. The van der Waals surface area contributed by atoms with Crippen molar-refractivity contribution in [3.8, 4) is 22.3 Å². The molecule has 390 valence electrons. The van der Waals surface area contributed by atoms with Gasteiger partial charge in [0.05, 0.1) is 0 Å². The summed E-state index contributed by atoms with van der Waals surface area (Å²) in [5, 5.41) is 10.1. The van der Waals surface area contributed by atoms with Crippen LogP contribution in [0.1, 0.15) is 116 Å². The molecule has 13 rings (SSSR count). The zero-order chi connectivity index (χ0) is 55.2. The second-order valence-electron chi connectivity index (χ2n) is 27.2. The molecule has 2 aliphatic rings. The van der Waals surface area contributed by atoms with Gasteiger partial charge in [0.15, 0.2) is 0 Å². The van der Waals surface area contributed by atoms with Gasteiger partial charge in [-0.05, 0) is 176 Å². The summed E-state index contributed by atoms with van der Waals surface area (Å²) in [5.74, 6) is 0. The fourth-order valence-electron chi connectivity index (χ4n) is 13.3. The highest BCUT2D eigenvalue weighted by Gasteiger charge is 2.46. The van der Waals surface area contributed by atoms with Crippen LogP contribution in [0.5, 0.6) is 0 Å². The van der Waals surface area contributed by atoms with Gasteiger partial charge in [0.2, 0.25) is 0 Å². The molecule has 0 spiro atoms. The molecule has 0 radical (unpaired) electrons. The lowest BCUT2D eigenvalue weighted by Crippen LogP contribution is -2.61. The molecule has 79 heavy (non-hydrogen) atoms. The smallest absolute Gasteiger partial charge is 0.252 e. The van der Waals surface area contributed by atoms with Crippen molar-refractivity contribution in [1.82, 2.24) is 0 Å². The molecule has 2 heterocycles. The normalized spacial score (nSPS) is 13.6. The molecule has 0 amide bonds. The first-order chi connectivity index (χ1) is 37.5. The van der Waals surface area contributed by atoms with Crippen molar-refractivity contribution in [2.45, 2.75) is 119 Å². The lowest BCUT2D eigenvalue weighted by Gasteiger charge is -2.46. The molecular weight excluding hydrogens is 952 g/mol. The van der Waals surface area contributed by atoms with Gasteiger partial charge in [-0.3, -0.25) is 0 Å². The third-order valence-corrected chi connectivity index (χ3v) is 17.6. The largest absolute Gasteiger partial charge is 0.311 e. The van der Waals surface area contributed by atoms with Gasteiger partial charge >= 0.3 is 0 Å². The maximum Gasteiger partial charge on any atom is 0.252 e. The number of hydrogen-bond donors (Lipinski definition) is 0. The van der Waals surface area contributed by atoms with Gasteiger partial charge in [0, 0.05) is 44.9 Å². The number of fused-ring (bicyclic) bond motifs is 12. The van der Waals surface area contributed by atoms with Gasteiger partial charge in [-0.15, -0.1) is 0 Å². The van der Waals surface area contributed by atoms with E-state index in [4.69, 9.17) is 0 Å². The minimum atomic E-state index is -0.105. The summed E-state index contributed by atoms with van der Waals surface area (Å²) in [5.41, 5.74) is 23.7. The number of nitrogens with zero attached hydrogens (tertiary/aromatic N) is 2. The Kier molecular flexibility index (Phi) is 11.4. The summed E-state index contributed by atoms with van der Waals surface area (Å²) in [6.07, 6.45) is 0. The molecule has 3 heteroatoms. The number of benzene rings is 11. The maximum atomic E-state index is 2.71. The van der Waals surface area contributed by atoms with Gasteiger partial charge < -0.3 is 9.80 Å². The van der Waals surface area contributed by atoms with E-state index in [1.165, 1.54) is 149 Å². The summed E-state index contributed by atoms with van der Waals surface area (Å²) >= 11 is 0. The summed E-state index contributed by atoms with van der Waals surface area (Å²) in [7, 11) is 0. The molecule has 0 atom stereocenters. The molecule has 0 aliphatic carbocycles. The highest BCUT2D eigenvalue weighted by molar-refractivity contribution is 7.01. The second-order valence-corrected chi connectivity index (χ2v) is 27.2. The van der Waals surface area contributed by atoms with Crippen molar-refractivity contribution in [2.24, 2.45) is 0 Å². The van der Waals surface area contributed by atoms with Crippen LogP contribution < -0.4 is 26.2 Å². The lowest BCUT2D eigenvalue weighted by molar-refractivity contribution is 0.568. The van der Waals surface area contributed by atoms with Gasteiger partial charge in [-0.2, -0.15) is 0 Å². The summed E-state index contributed by atoms with van der Waals surface area (Å²) in [6.45, 7) is 33.0. The Balaban J connectivity index is 1.24. The number of rotatable bonds is 4. The minimum absolute atomic E-state index is 0.0910. The third-order valence-electron chi connectivity index (χ3n) is 17.6. The fraction of sp³-hybridized carbons (Fsp3) is 0.237. The third kappa shape index (κ3) is 8.29. The van der Waals surface area contributed by atoms with Crippen molar-refractivity contribution in [3.63, 3.8) is 0 Å². The van der Waals surface area contributed by atoms with E-state index in [9.17, 15) is 0 Å². The lowest BCUT2D eigenvalue weighted by atomic mass is 9.33. The van der Waals surface area contributed by atoms with Gasteiger partial charge in [0.1, 0.15) is 0 Å². The molecular formula is C76H73BN2. The van der Waals surface area contributed by atoms with E-state index in [1.807, 2.05) is 0 Å². The highest BCUT2D eigenvalue weighted by Crippen LogP contribution is 2.52. The first kappa shape index (κ1) is 50.6. The predicted molar refractivity (Wildman–Crippen MR) is 346 cm³/mol. The zero-order valence-electron chi connectivity index (χ0n) is 48.9. The average molecular weight is 1030 g/mol. The van der Waals surface area contributed by atoms with Crippen LogP contribution in [0, 0.1) is 13.8 Å². The Morgan fingerprint density at radius 2 is 0.696 bits per heavy atom. The Bertz CT molecular complexity index is 4010. The van der Waals surface area contributed by atoms with Crippen LogP contribution in [-0.2, 0) is 21.7 Å². The van der Waals surface area contributed by atoms with Crippen LogP contribution in [-0.4, -0.2) is 6.71 Å². The first-order valence-electron chi connectivity index (χ1n) is 28.7. The molecule has 2 nitrogen and oxygen atoms in total. The number of anilines is 6. The van der Waals surface area contributed by atoms with E-state index in [-0.39, 0.29) is 28.4 Å². The Labute approximate surface area is 469 Å². The van der Waals surface area contributed by atoms with E-state index in [2.05, 4.69) is 295 Å². The van der Waals surface area contributed by atoms with Crippen LogP contribution in [0.15, 0.2) is 188 Å². The van der Waals surface area contributed by atoms with Crippen LogP contribution in [0.2, 0.25) is 0 Å². The fourth-order valence-corrected chi connectivity index (χ4v) is 13.3. The number of aryl methyl sites for hydroxylation is 2. The summed E-state index contributed by atoms with van der Waals surface area (Å²) in [4.78, 5) is 5.42. The van der Waals surface area contributed by atoms with Gasteiger partial charge in [-0.25, -0.2) is 0 Å². The second kappa shape index (κ2) is 17.8. The molecule has 0 N–H and O–H groups in total. The standard InChI is InChI=1S/C76H73BN2/c1-46-36-51(48-22-16-15-17-23-48)37-47(2)69(46)52-38-67-70-68(39-52)79(58-44-55(75(9,10)11)41-56(45-58)76(12,13)14)72-64-31-29-50-25-19-21-27-60(50)62(64)33-35-66(72)77(70)65-34-32-61-59-26-20-18-24-49(59)28-30-63(61)71(65)78(67)57-42-53(73(3,4)5)40-54(43-57)74(6,7)8/h15-45H,1-14H3. The van der Waals surface area contributed by atoms with Crippen molar-refractivity contribution >= 4 is 100 Å². The predicted octanol–water partition coefficient (Wildman–Crippen LogP) is 19.5. The average Bonchev–Trinajstić information content (AvgIpc) is 3.51. The maximum absolute atomic E-state index is 2.71. The first-order valence-corrected chi connectivity index (χ1v) is 28.7. The monoisotopic (exact) mass is 1020 g/mol. The van der Waals surface area contributed by atoms with Crippen LogP contribution in [0.3, 0.4) is 0 Å². The van der Waals surface area contributed by atoms with Crippen molar-refractivity contribution in [1.29, 1.82) is 0 Å². The van der Waals surface area contributed by atoms with Crippen molar-refractivity contribution < 1.29 is 0 Å². The Morgan fingerprint density at radius 3 is 1.10 bits per heavy atom. The minimum Gasteiger partial charge on any atom is -0.311 e. The molecule has 0 fully saturated rings. The van der Waals surface area contributed by atoms with Crippen LogP contribution in [0.25, 0.3) is 65.3 Å². The van der Waals surface area contributed by atoms with Gasteiger partial charge in [0.25, 0.3) is 6.71 Å². The molecule has 11 aromatic rings. The van der Waals surface area contributed by atoms with E-state index in [0.29, 0.717) is 0 Å². The number of hydrogen-bond acceptors (Lipinski definition) is 2.